The predicted molar refractivity (Wildman–Crippen MR) is 121 cm³/mol. The van der Waals surface area contributed by atoms with Gasteiger partial charge in [0, 0.05) is 16.7 Å². The standard InChI is InChI=1S/C25H34O6/c1-8-9-16-13-18(27-4)21-17(31-14(2)3)11-10-15-12-19(28-5)24(29-6)25(30-7)20(15)22(21)23(16)26/h12-14,17,26H,8-11H2,1-7H3/t17-/m1/s1. The molecule has 170 valence electrons. The van der Waals surface area contributed by atoms with Crippen molar-refractivity contribution >= 4 is 0 Å². The maximum Gasteiger partial charge on any atom is 0.203 e. The molecule has 1 aliphatic carbocycles. The Morgan fingerprint density at radius 3 is 2.16 bits per heavy atom. The normalized spacial score (nSPS) is 15.2. The van der Waals surface area contributed by atoms with Crippen molar-refractivity contribution in [3.05, 3.63) is 28.8 Å². The topological polar surface area (TPSA) is 66.4 Å². The molecule has 2 aromatic rings. The Morgan fingerprint density at radius 1 is 0.935 bits per heavy atom. The summed E-state index contributed by atoms with van der Waals surface area (Å²) < 4.78 is 29.2. The lowest BCUT2D eigenvalue weighted by Gasteiger charge is -2.26. The zero-order valence-corrected chi connectivity index (χ0v) is 19.6. The second-order valence-electron chi connectivity index (χ2n) is 8.02. The molecular formula is C25H34O6. The third-order valence-electron chi connectivity index (χ3n) is 5.72. The van der Waals surface area contributed by atoms with E-state index in [-0.39, 0.29) is 18.0 Å². The average Bonchev–Trinajstić information content (AvgIpc) is 2.91. The summed E-state index contributed by atoms with van der Waals surface area (Å²) >= 11 is 0. The highest BCUT2D eigenvalue weighted by Crippen LogP contribution is 2.56. The smallest absolute Gasteiger partial charge is 0.203 e. The molecular weight excluding hydrogens is 396 g/mol. The van der Waals surface area contributed by atoms with Crippen LogP contribution in [0.3, 0.4) is 0 Å². The summed E-state index contributed by atoms with van der Waals surface area (Å²) in [6.07, 6.45) is 2.88. The summed E-state index contributed by atoms with van der Waals surface area (Å²) in [7, 11) is 6.46. The van der Waals surface area contributed by atoms with Crippen LogP contribution in [0.4, 0.5) is 0 Å². The van der Waals surface area contributed by atoms with Crippen molar-refractivity contribution in [1.29, 1.82) is 0 Å². The number of ether oxygens (including phenoxy) is 5. The molecule has 1 aliphatic rings. The molecule has 1 atom stereocenters. The molecule has 2 aromatic carbocycles. The van der Waals surface area contributed by atoms with Gasteiger partial charge in [0.25, 0.3) is 0 Å². The third-order valence-corrected chi connectivity index (χ3v) is 5.72. The summed E-state index contributed by atoms with van der Waals surface area (Å²) in [6.45, 7) is 6.12. The van der Waals surface area contributed by atoms with Crippen LogP contribution < -0.4 is 18.9 Å². The molecule has 0 bridgehead atoms. The fourth-order valence-corrected chi connectivity index (χ4v) is 4.49. The van der Waals surface area contributed by atoms with Gasteiger partial charge in [-0.3, -0.25) is 0 Å². The summed E-state index contributed by atoms with van der Waals surface area (Å²) in [5.74, 6) is 2.58. The predicted octanol–water partition coefficient (Wildman–Crippen LogP) is 5.46. The van der Waals surface area contributed by atoms with Crippen molar-refractivity contribution in [3.8, 4) is 39.9 Å². The first-order valence-corrected chi connectivity index (χ1v) is 10.8. The molecule has 3 rings (SSSR count). The molecule has 31 heavy (non-hydrogen) atoms. The lowest BCUT2D eigenvalue weighted by atomic mass is 9.89. The summed E-state index contributed by atoms with van der Waals surface area (Å²) in [6, 6.07) is 3.91. The van der Waals surface area contributed by atoms with E-state index in [9.17, 15) is 5.11 Å². The highest BCUT2D eigenvalue weighted by atomic mass is 16.5. The first-order chi connectivity index (χ1) is 14.9. The molecule has 6 nitrogen and oxygen atoms in total. The lowest BCUT2D eigenvalue weighted by molar-refractivity contribution is 0.00142. The third kappa shape index (κ3) is 4.13. The minimum absolute atomic E-state index is 0.0206. The molecule has 0 fully saturated rings. The van der Waals surface area contributed by atoms with Crippen LogP contribution in [0.1, 0.15) is 56.4 Å². The summed E-state index contributed by atoms with van der Waals surface area (Å²) in [4.78, 5) is 0. The Labute approximate surface area is 185 Å². The quantitative estimate of drug-likeness (QED) is 0.600. The van der Waals surface area contributed by atoms with Gasteiger partial charge in [-0.1, -0.05) is 13.3 Å². The highest BCUT2D eigenvalue weighted by molar-refractivity contribution is 5.88. The number of aryl methyl sites for hydroxylation is 2. The molecule has 0 unspecified atom stereocenters. The molecule has 1 N–H and O–H groups in total. The number of rotatable bonds is 8. The molecule has 0 radical (unpaired) electrons. The molecule has 0 saturated heterocycles. The molecule has 0 aromatic heterocycles. The number of fused-ring (bicyclic) bond motifs is 3. The van der Waals surface area contributed by atoms with Crippen LogP contribution in [0.15, 0.2) is 12.1 Å². The van der Waals surface area contributed by atoms with Crippen molar-refractivity contribution in [1.82, 2.24) is 0 Å². The van der Waals surface area contributed by atoms with Crippen LogP contribution in [-0.2, 0) is 17.6 Å². The zero-order valence-electron chi connectivity index (χ0n) is 19.6. The van der Waals surface area contributed by atoms with Crippen LogP contribution in [0.5, 0.6) is 28.7 Å². The van der Waals surface area contributed by atoms with Crippen molar-refractivity contribution in [2.75, 3.05) is 28.4 Å². The minimum atomic E-state index is -0.236. The fraction of sp³-hybridized carbons (Fsp3) is 0.520. The second kappa shape index (κ2) is 9.69. The van der Waals surface area contributed by atoms with Crippen molar-refractivity contribution < 1.29 is 28.8 Å². The van der Waals surface area contributed by atoms with E-state index < -0.39 is 0 Å². The number of hydrogen-bond donors (Lipinski definition) is 1. The van der Waals surface area contributed by atoms with Gasteiger partial charge < -0.3 is 28.8 Å². The molecule has 0 heterocycles. The van der Waals surface area contributed by atoms with E-state index in [2.05, 4.69) is 6.92 Å². The van der Waals surface area contributed by atoms with Gasteiger partial charge >= 0.3 is 0 Å². The summed E-state index contributed by atoms with van der Waals surface area (Å²) in [5.41, 5.74) is 4.19. The van der Waals surface area contributed by atoms with Crippen molar-refractivity contribution in [2.45, 2.75) is 58.7 Å². The van der Waals surface area contributed by atoms with E-state index in [0.717, 1.165) is 47.9 Å². The summed E-state index contributed by atoms with van der Waals surface area (Å²) in [5, 5.41) is 11.5. The molecule has 0 spiro atoms. The van der Waals surface area contributed by atoms with Crippen LogP contribution in [0.2, 0.25) is 0 Å². The maximum absolute atomic E-state index is 11.5. The van der Waals surface area contributed by atoms with E-state index in [4.69, 9.17) is 23.7 Å². The minimum Gasteiger partial charge on any atom is -0.507 e. The SMILES string of the molecule is CCCc1cc(OC)c2c(c1O)-c1c(cc(OC)c(OC)c1OC)CC[C@H]2OC(C)C. The van der Waals surface area contributed by atoms with E-state index >= 15 is 0 Å². The largest absolute Gasteiger partial charge is 0.507 e. The van der Waals surface area contributed by atoms with Crippen LogP contribution in [0.25, 0.3) is 11.1 Å². The Hall–Kier alpha value is -2.60. The Morgan fingerprint density at radius 2 is 1.61 bits per heavy atom. The number of phenols is 1. The average molecular weight is 431 g/mol. The van der Waals surface area contributed by atoms with E-state index in [1.165, 1.54) is 0 Å². The number of methoxy groups -OCH3 is 4. The van der Waals surface area contributed by atoms with Crippen LogP contribution in [0, 0.1) is 0 Å². The molecule has 0 amide bonds. The lowest BCUT2D eigenvalue weighted by Crippen LogP contribution is -2.13. The van der Waals surface area contributed by atoms with Crippen molar-refractivity contribution in [2.24, 2.45) is 0 Å². The van der Waals surface area contributed by atoms with Gasteiger partial charge in [-0.05, 0) is 56.4 Å². The molecule has 0 saturated carbocycles. The monoisotopic (exact) mass is 430 g/mol. The van der Waals surface area contributed by atoms with E-state index in [1.54, 1.807) is 28.4 Å². The van der Waals surface area contributed by atoms with Gasteiger partial charge in [-0.15, -0.1) is 0 Å². The van der Waals surface area contributed by atoms with Gasteiger partial charge in [0.2, 0.25) is 5.75 Å². The van der Waals surface area contributed by atoms with Crippen molar-refractivity contribution in [3.63, 3.8) is 0 Å². The molecule has 6 heteroatoms. The maximum atomic E-state index is 11.5. The number of hydrogen-bond acceptors (Lipinski definition) is 6. The Kier molecular flexibility index (Phi) is 7.21. The first-order valence-electron chi connectivity index (χ1n) is 10.8. The number of aromatic hydroxyl groups is 1. The second-order valence-corrected chi connectivity index (χ2v) is 8.02. The van der Waals surface area contributed by atoms with Gasteiger partial charge in [-0.25, -0.2) is 0 Å². The van der Waals surface area contributed by atoms with Gasteiger partial charge in [0.05, 0.1) is 40.6 Å². The number of phenolic OH excluding ortho intramolecular Hbond substituents is 1. The van der Waals surface area contributed by atoms with Crippen LogP contribution in [-0.4, -0.2) is 39.6 Å². The Bertz CT molecular complexity index is 935. The van der Waals surface area contributed by atoms with Gasteiger partial charge in [0.1, 0.15) is 11.5 Å². The number of benzene rings is 2. The highest BCUT2D eigenvalue weighted by Gasteiger charge is 2.34. The molecule has 0 aliphatic heterocycles. The van der Waals surface area contributed by atoms with Crippen LogP contribution >= 0.6 is 0 Å². The van der Waals surface area contributed by atoms with E-state index in [1.807, 2.05) is 26.0 Å². The van der Waals surface area contributed by atoms with Gasteiger partial charge in [-0.2, -0.15) is 0 Å². The first kappa shape index (κ1) is 23.1. The Balaban J connectivity index is 2.46. The van der Waals surface area contributed by atoms with Gasteiger partial charge in [0.15, 0.2) is 11.5 Å². The van der Waals surface area contributed by atoms with E-state index in [0.29, 0.717) is 28.6 Å². The zero-order chi connectivity index (χ0) is 22.7. The fourth-order valence-electron chi connectivity index (χ4n) is 4.49.